The second-order valence-electron chi connectivity index (χ2n) is 4.14. The molecule has 2 heterocycles. The van der Waals surface area contributed by atoms with Gasteiger partial charge in [0.05, 0.1) is 19.3 Å². The van der Waals surface area contributed by atoms with Crippen molar-refractivity contribution in [3.8, 4) is 0 Å². The Morgan fingerprint density at radius 3 is 2.85 bits per heavy atom. The van der Waals surface area contributed by atoms with E-state index in [4.69, 9.17) is 4.74 Å². The van der Waals surface area contributed by atoms with Crippen LogP contribution >= 0.6 is 0 Å². The number of ether oxygens (including phenoxy) is 1. The van der Waals surface area contributed by atoms with Gasteiger partial charge in [-0.25, -0.2) is 4.79 Å². The van der Waals surface area contributed by atoms with Crippen molar-refractivity contribution >= 4 is 17.8 Å². The summed E-state index contributed by atoms with van der Waals surface area (Å²) in [7, 11) is 1.61. The maximum atomic E-state index is 12.0. The molecule has 20 heavy (non-hydrogen) atoms. The lowest BCUT2D eigenvalue weighted by Gasteiger charge is -2.13. The first-order valence-electron chi connectivity index (χ1n) is 5.60. The number of aryl methyl sites for hydroxylation is 1. The molecule has 1 N–H and O–H groups in total. The van der Waals surface area contributed by atoms with Crippen LogP contribution in [-0.2, 0) is 16.6 Å². The number of cyclic esters (lactones) is 1. The van der Waals surface area contributed by atoms with Crippen LogP contribution in [0, 0.1) is 0 Å². The molecule has 1 fully saturated rings. The molecule has 2 rings (SSSR count). The van der Waals surface area contributed by atoms with Gasteiger partial charge in [-0.3, -0.25) is 14.4 Å². The molecule has 1 aliphatic rings. The summed E-state index contributed by atoms with van der Waals surface area (Å²) in [5.74, 6) is -1.60. The molecule has 110 valence electrons. The number of rotatable bonds is 3. The van der Waals surface area contributed by atoms with Gasteiger partial charge in [0, 0.05) is 13.1 Å². The van der Waals surface area contributed by atoms with Crippen molar-refractivity contribution in [1.82, 2.24) is 15.1 Å². The van der Waals surface area contributed by atoms with E-state index in [0.717, 1.165) is 0 Å². The largest absolute Gasteiger partial charge is 0.471 e. The summed E-state index contributed by atoms with van der Waals surface area (Å²) >= 11 is 0. The molecular formula is C10H11F3N4O3. The lowest BCUT2D eigenvalue weighted by Crippen LogP contribution is -2.41. The number of alkyl halides is 3. The van der Waals surface area contributed by atoms with Gasteiger partial charge in [-0.2, -0.15) is 18.3 Å². The van der Waals surface area contributed by atoms with Crippen molar-refractivity contribution in [2.24, 2.45) is 7.05 Å². The topological polar surface area (TPSA) is 76.5 Å². The Kier molecular flexibility index (Phi) is 3.55. The maximum Gasteiger partial charge on any atom is 0.471 e. The van der Waals surface area contributed by atoms with Crippen LogP contribution < -0.4 is 10.2 Å². The minimum atomic E-state index is -4.95. The summed E-state index contributed by atoms with van der Waals surface area (Å²) in [6, 6.07) is 1.57. The Hall–Kier alpha value is -2.26. The fourth-order valence-electron chi connectivity index (χ4n) is 1.75. The quantitative estimate of drug-likeness (QED) is 0.876. The molecule has 0 aromatic carbocycles. The average molecular weight is 292 g/mol. The number of nitrogens with one attached hydrogen (secondary N) is 1. The summed E-state index contributed by atoms with van der Waals surface area (Å²) < 4.78 is 42.3. The van der Waals surface area contributed by atoms with Gasteiger partial charge in [-0.05, 0) is 0 Å². The van der Waals surface area contributed by atoms with Crippen LogP contribution in [0.15, 0.2) is 12.3 Å². The summed E-state index contributed by atoms with van der Waals surface area (Å²) in [5.41, 5.74) is 0. The highest BCUT2D eigenvalue weighted by molar-refractivity contribution is 5.88. The highest BCUT2D eigenvalue weighted by atomic mass is 19.4. The number of amides is 2. The van der Waals surface area contributed by atoms with E-state index in [2.05, 4.69) is 5.10 Å². The van der Waals surface area contributed by atoms with Crippen LogP contribution in [0.2, 0.25) is 0 Å². The number of carbonyl (C=O) groups is 2. The van der Waals surface area contributed by atoms with Crippen molar-refractivity contribution in [1.29, 1.82) is 0 Å². The second-order valence-corrected chi connectivity index (χ2v) is 4.14. The first-order chi connectivity index (χ1) is 9.29. The molecule has 1 atom stereocenters. The highest BCUT2D eigenvalue weighted by Gasteiger charge is 2.40. The van der Waals surface area contributed by atoms with E-state index < -0.39 is 30.8 Å². The number of nitrogens with zero attached hydrogens (tertiary/aromatic N) is 3. The number of hydrogen-bond acceptors (Lipinski definition) is 4. The number of halogens is 3. The minimum Gasteiger partial charge on any atom is -0.442 e. The number of hydrogen-bond donors (Lipinski definition) is 1. The van der Waals surface area contributed by atoms with Crippen LogP contribution in [0.1, 0.15) is 0 Å². The predicted molar refractivity (Wildman–Crippen MR) is 59.9 cm³/mol. The first kappa shape index (κ1) is 14.2. The van der Waals surface area contributed by atoms with E-state index in [1.54, 1.807) is 18.4 Å². The van der Waals surface area contributed by atoms with Gasteiger partial charge in [0.25, 0.3) is 0 Å². The molecule has 10 heteroatoms. The van der Waals surface area contributed by atoms with Gasteiger partial charge in [-0.1, -0.05) is 0 Å². The minimum absolute atomic E-state index is 0.0382. The zero-order valence-corrected chi connectivity index (χ0v) is 10.3. The molecule has 7 nitrogen and oxygen atoms in total. The van der Waals surface area contributed by atoms with E-state index in [-0.39, 0.29) is 6.54 Å². The SMILES string of the molecule is Cn1nccc1N1CC(CNC(=O)C(F)(F)F)OC1=O. The molecule has 0 aliphatic carbocycles. The fraction of sp³-hybridized carbons (Fsp3) is 0.500. The third-order valence-corrected chi connectivity index (χ3v) is 2.69. The molecular weight excluding hydrogens is 281 g/mol. The van der Waals surface area contributed by atoms with Crippen molar-refractivity contribution in [2.45, 2.75) is 12.3 Å². The molecule has 2 amide bonds. The van der Waals surface area contributed by atoms with Crippen LogP contribution in [0.4, 0.5) is 23.8 Å². The summed E-state index contributed by atoms with van der Waals surface area (Å²) in [4.78, 5) is 23.5. The van der Waals surface area contributed by atoms with E-state index in [1.165, 1.54) is 15.8 Å². The van der Waals surface area contributed by atoms with Crippen LogP contribution in [0.5, 0.6) is 0 Å². The van der Waals surface area contributed by atoms with E-state index in [0.29, 0.717) is 5.82 Å². The zero-order valence-electron chi connectivity index (χ0n) is 10.3. The van der Waals surface area contributed by atoms with Gasteiger partial charge >= 0.3 is 18.2 Å². The normalized spacial score (nSPS) is 19.1. The van der Waals surface area contributed by atoms with Crippen LogP contribution in [0.3, 0.4) is 0 Å². The van der Waals surface area contributed by atoms with Gasteiger partial charge in [0.1, 0.15) is 11.9 Å². The Labute approximate surface area is 111 Å². The number of anilines is 1. The number of aromatic nitrogens is 2. The Morgan fingerprint density at radius 2 is 2.30 bits per heavy atom. The lowest BCUT2D eigenvalue weighted by atomic mass is 10.3. The molecule has 0 bridgehead atoms. The van der Waals surface area contributed by atoms with Crippen LogP contribution in [-0.4, -0.2) is 47.2 Å². The Morgan fingerprint density at radius 1 is 1.60 bits per heavy atom. The molecule has 0 spiro atoms. The monoisotopic (exact) mass is 292 g/mol. The first-order valence-corrected chi connectivity index (χ1v) is 5.60. The van der Waals surface area contributed by atoms with Gasteiger partial charge in [-0.15, -0.1) is 0 Å². The standard InChI is InChI=1S/C10H11F3N4O3/c1-16-7(2-3-15-16)17-5-6(20-9(17)19)4-14-8(18)10(11,12)13/h2-3,6H,4-5H2,1H3,(H,14,18). The van der Waals surface area contributed by atoms with Crippen molar-refractivity contribution in [2.75, 3.05) is 18.0 Å². The molecule has 0 radical (unpaired) electrons. The molecule has 1 aromatic rings. The molecule has 1 saturated heterocycles. The fourth-order valence-corrected chi connectivity index (χ4v) is 1.75. The maximum absolute atomic E-state index is 12.0. The molecule has 0 saturated carbocycles. The average Bonchev–Trinajstić information content (AvgIpc) is 2.91. The molecule has 1 aromatic heterocycles. The Balaban J connectivity index is 1.93. The third kappa shape index (κ3) is 2.83. The van der Waals surface area contributed by atoms with Crippen LogP contribution in [0.25, 0.3) is 0 Å². The summed E-state index contributed by atoms with van der Waals surface area (Å²) in [6.45, 7) is -0.366. The van der Waals surface area contributed by atoms with Gasteiger partial charge in [0.15, 0.2) is 0 Å². The van der Waals surface area contributed by atoms with Gasteiger partial charge in [0.2, 0.25) is 0 Å². The molecule has 1 unspecified atom stereocenters. The lowest BCUT2D eigenvalue weighted by molar-refractivity contribution is -0.173. The smallest absolute Gasteiger partial charge is 0.442 e. The second kappa shape index (κ2) is 5.02. The zero-order chi connectivity index (χ0) is 14.9. The van der Waals surface area contributed by atoms with E-state index in [1.807, 2.05) is 0 Å². The van der Waals surface area contributed by atoms with E-state index >= 15 is 0 Å². The third-order valence-electron chi connectivity index (χ3n) is 2.69. The summed E-state index contributed by atoms with van der Waals surface area (Å²) in [5, 5.41) is 5.55. The van der Waals surface area contributed by atoms with Crippen molar-refractivity contribution in [3.05, 3.63) is 12.3 Å². The summed E-state index contributed by atoms with van der Waals surface area (Å²) in [6.07, 6.45) is -5.02. The van der Waals surface area contributed by atoms with Gasteiger partial charge < -0.3 is 10.1 Å². The molecule has 1 aliphatic heterocycles. The number of carbonyl (C=O) groups excluding carboxylic acids is 2. The van der Waals surface area contributed by atoms with E-state index in [9.17, 15) is 22.8 Å². The Bertz CT molecular complexity index is 528. The van der Waals surface area contributed by atoms with Crippen molar-refractivity contribution < 1.29 is 27.5 Å². The highest BCUT2D eigenvalue weighted by Crippen LogP contribution is 2.20. The predicted octanol–water partition coefficient (Wildman–Crippen LogP) is 0.424. The van der Waals surface area contributed by atoms with Crippen molar-refractivity contribution in [3.63, 3.8) is 0 Å².